The maximum Gasteiger partial charge on any atom is 0.305 e. The van der Waals surface area contributed by atoms with Gasteiger partial charge in [-0.2, -0.15) is 0 Å². The van der Waals surface area contributed by atoms with Crippen LogP contribution in [-0.4, -0.2) is 44.6 Å². The summed E-state index contributed by atoms with van der Waals surface area (Å²) in [5.74, 6) is -1.43. The predicted octanol–water partition coefficient (Wildman–Crippen LogP) is 1.98. The van der Waals surface area contributed by atoms with E-state index < -0.39 is 11.9 Å². The molecule has 156 valence electrons. The van der Waals surface area contributed by atoms with Gasteiger partial charge in [0.1, 0.15) is 5.76 Å². The third kappa shape index (κ3) is 2.34. The molecule has 2 aliphatic heterocycles. The Labute approximate surface area is 178 Å². The number of hydrogen-bond donors (Lipinski definition) is 2. The van der Waals surface area contributed by atoms with E-state index in [9.17, 15) is 19.2 Å². The number of rotatable bonds is 4. The molecule has 2 saturated carbocycles. The Bertz CT molecular complexity index is 1120. The van der Waals surface area contributed by atoms with Gasteiger partial charge in [-0.1, -0.05) is 11.3 Å². The van der Waals surface area contributed by atoms with Gasteiger partial charge in [0, 0.05) is 11.8 Å². The number of thioether (sulfide) groups is 1. The van der Waals surface area contributed by atoms with Crippen molar-refractivity contribution in [3.8, 4) is 0 Å². The first-order valence-corrected chi connectivity index (χ1v) is 11.7. The number of nitrogens with one attached hydrogen (secondary N) is 1. The summed E-state index contributed by atoms with van der Waals surface area (Å²) < 4.78 is 5.75. The van der Waals surface area contributed by atoms with Crippen LogP contribution in [0.15, 0.2) is 32.6 Å². The van der Waals surface area contributed by atoms with Crippen LogP contribution < -0.4 is 4.87 Å². The summed E-state index contributed by atoms with van der Waals surface area (Å²) in [5.41, 5.74) is 0. The highest BCUT2D eigenvalue weighted by Crippen LogP contribution is 2.68. The molecule has 30 heavy (non-hydrogen) atoms. The first kappa shape index (κ1) is 18.4. The maximum atomic E-state index is 13.1. The van der Waals surface area contributed by atoms with Crippen LogP contribution in [0.2, 0.25) is 0 Å². The Morgan fingerprint density at radius 1 is 1.23 bits per heavy atom. The second kappa shape index (κ2) is 6.34. The summed E-state index contributed by atoms with van der Waals surface area (Å²) in [6.45, 7) is -0.0653. The SMILES string of the molecule is O=C(O)CCN1C(=O)[C@@H]2[C@H]3C[C@@H]([C@@H]4Sc5[nH]c(=O)sc5[C@H](c5ccco5)[C@H]34)[C@H]2C1=O. The molecule has 0 spiro atoms. The summed E-state index contributed by atoms with van der Waals surface area (Å²) in [4.78, 5) is 54.2. The highest BCUT2D eigenvalue weighted by atomic mass is 32.2. The van der Waals surface area contributed by atoms with Crippen LogP contribution in [0.4, 0.5) is 0 Å². The standard InChI is InChI=1S/C20H18N2O6S2/c23-10(24)3-4-22-18(25)12-7-6-8(13(12)19(22)26)15-11(7)14(9-2-1-5-28-9)16-17(29-15)21-20(27)30-16/h1-2,5,7-8,11-15H,3-4,6H2,(H,21,27)(H,23,24)/t7-,8+,11-,12+,13+,14+,15-/m0/s1. The molecule has 2 aromatic heterocycles. The lowest BCUT2D eigenvalue weighted by molar-refractivity contribution is -0.142. The number of aromatic nitrogens is 1. The number of hydrogen-bond acceptors (Lipinski definition) is 7. The maximum absolute atomic E-state index is 13.1. The molecule has 10 heteroatoms. The Balaban J connectivity index is 1.40. The number of H-pyrrole nitrogens is 1. The van der Waals surface area contributed by atoms with Crippen LogP contribution in [-0.2, 0) is 14.4 Å². The van der Waals surface area contributed by atoms with Crippen LogP contribution in [0.3, 0.4) is 0 Å². The van der Waals surface area contributed by atoms with Gasteiger partial charge in [-0.15, -0.1) is 11.8 Å². The molecule has 2 bridgehead atoms. The zero-order chi connectivity index (χ0) is 20.7. The molecular weight excluding hydrogens is 428 g/mol. The number of nitrogens with zero attached hydrogens (tertiary/aromatic N) is 1. The number of amides is 2. The number of furan rings is 1. The Kier molecular flexibility index (Phi) is 3.89. The van der Waals surface area contributed by atoms with Crippen LogP contribution in [0.5, 0.6) is 0 Å². The van der Waals surface area contributed by atoms with Crippen molar-refractivity contribution < 1.29 is 23.9 Å². The average Bonchev–Trinajstić information content (AvgIpc) is 3.48. The Hall–Kier alpha value is -2.33. The van der Waals surface area contributed by atoms with Crippen molar-refractivity contribution in [2.24, 2.45) is 29.6 Å². The van der Waals surface area contributed by atoms with Gasteiger partial charge in [0.15, 0.2) is 0 Å². The van der Waals surface area contributed by atoms with Crippen LogP contribution in [0.25, 0.3) is 0 Å². The highest BCUT2D eigenvalue weighted by molar-refractivity contribution is 8.00. The first-order valence-electron chi connectivity index (χ1n) is 9.95. The normalized spacial score (nSPS) is 36.1. The fourth-order valence-electron chi connectivity index (χ4n) is 6.29. The van der Waals surface area contributed by atoms with Crippen molar-refractivity contribution in [2.45, 2.75) is 29.0 Å². The molecule has 2 amide bonds. The Morgan fingerprint density at radius 2 is 2.00 bits per heavy atom. The molecule has 2 aromatic rings. The lowest BCUT2D eigenvalue weighted by atomic mass is 9.69. The monoisotopic (exact) mass is 446 g/mol. The second-order valence-corrected chi connectivity index (χ2v) is 10.7. The van der Waals surface area contributed by atoms with E-state index in [1.165, 1.54) is 16.2 Å². The van der Waals surface area contributed by atoms with Gasteiger partial charge in [0.05, 0.1) is 40.3 Å². The third-order valence-corrected chi connectivity index (χ3v) is 9.80. The fourth-order valence-corrected chi connectivity index (χ4v) is 9.16. The summed E-state index contributed by atoms with van der Waals surface area (Å²) in [6, 6.07) is 3.74. The van der Waals surface area contributed by atoms with E-state index in [0.717, 1.165) is 22.1 Å². The number of aliphatic carboxylic acids is 1. The summed E-state index contributed by atoms with van der Waals surface area (Å²) in [7, 11) is 0. The molecule has 2 N–H and O–H groups in total. The van der Waals surface area contributed by atoms with E-state index in [1.54, 1.807) is 18.0 Å². The minimum atomic E-state index is -1.02. The summed E-state index contributed by atoms with van der Waals surface area (Å²) in [6.07, 6.45) is 2.19. The van der Waals surface area contributed by atoms with Crippen molar-refractivity contribution in [2.75, 3.05) is 6.54 Å². The summed E-state index contributed by atoms with van der Waals surface area (Å²) in [5, 5.41) is 9.94. The fraction of sp³-hybridized carbons (Fsp3) is 0.500. The van der Waals surface area contributed by atoms with Gasteiger partial charge >= 0.3 is 10.8 Å². The minimum Gasteiger partial charge on any atom is -0.481 e. The smallest absolute Gasteiger partial charge is 0.305 e. The highest BCUT2D eigenvalue weighted by Gasteiger charge is 2.69. The topological polar surface area (TPSA) is 121 Å². The molecule has 8 nitrogen and oxygen atoms in total. The predicted molar refractivity (Wildman–Crippen MR) is 106 cm³/mol. The summed E-state index contributed by atoms with van der Waals surface area (Å²) >= 11 is 2.81. The van der Waals surface area contributed by atoms with Crippen LogP contribution in [0, 0.1) is 29.6 Å². The number of thiazole rings is 1. The minimum absolute atomic E-state index is 0.0178. The van der Waals surface area contributed by atoms with Gasteiger partial charge in [-0.05, 0) is 36.3 Å². The van der Waals surface area contributed by atoms with E-state index in [2.05, 4.69) is 4.98 Å². The number of carbonyl (C=O) groups excluding carboxylic acids is 2. The van der Waals surface area contributed by atoms with Crippen molar-refractivity contribution in [3.05, 3.63) is 38.7 Å². The number of carbonyl (C=O) groups is 3. The molecule has 3 fully saturated rings. The first-order chi connectivity index (χ1) is 14.5. The second-order valence-electron chi connectivity index (χ2n) is 8.45. The van der Waals surface area contributed by atoms with Gasteiger partial charge < -0.3 is 14.5 Å². The number of fused-ring (bicyclic) bond motifs is 9. The molecule has 4 heterocycles. The van der Waals surface area contributed by atoms with E-state index in [-0.39, 0.29) is 64.5 Å². The van der Waals surface area contributed by atoms with Crippen molar-refractivity contribution in [3.63, 3.8) is 0 Å². The van der Waals surface area contributed by atoms with Crippen molar-refractivity contribution >= 4 is 40.9 Å². The van der Waals surface area contributed by atoms with Gasteiger partial charge in [-0.25, -0.2) is 0 Å². The van der Waals surface area contributed by atoms with E-state index >= 15 is 0 Å². The van der Waals surface area contributed by atoms with Gasteiger partial charge in [0.2, 0.25) is 11.8 Å². The molecule has 0 aromatic carbocycles. The average molecular weight is 447 g/mol. The van der Waals surface area contributed by atoms with Crippen molar-refractivity contribution in [1.29, 1.82) is 0 Å². The third-order valence-electron chi connectivity index (χ3n) is 7.21. The molecule has 0 radical (unpaired) electrons. The van der Waals surface area contributed by atoms with Gasteiger partial charge in [0.25, 0.3) is 0 Å². The molecule has 2 aliphatic carbocycles. The lowest BCUT2D eigenvalue weighted by Gasteiger charge is -2.42. The van der Waals surface area contributed by atoms with Crippen LogP contribution in [0.1, 0.15) is 29.4 Å². The number of aromatic amines is 1. The zero-order valence-electron chi connectivity index (χ0n) is 15.6. The molecule has 4 aliphatic rings. The number of likely N-dealkylation sites (tertiary alicyclic amines) is 1. The number of carboxylic acids is 1. The van der Waals surface area contributed by atoms with Crippen molar-refractivity contribution in [1.82, 2.24) is 9.88 Å². The quantitative estimate of drug-likeness (QED) is 0.689. The lowest BCUT2D eigenvalue weighted by Crippen LogP contribution is -2.42. The number of imide groups is 1. The molecule has 7 atom stereocenters. The van der Waals surface area contributed by atoms with E-state index in [0.29, 0.717) is 0 Å². The van der Waals surface area contributed by atoms with Crippen LogP contribution >= 0.6 is 23.1 Å². The van der Waals surface area contributed by atoms with Gasteiger partial charge in [-0.3, -0.25) is 24.1 Å². The largest absolute Gasteiger partial charge is 0.481 e. The Morgan fingerprint density at radius 3 is 2.70 bits per heavy atom. The van der Waals surface area contributed by atoms with E-state index in [1.807, 2.05) is 12.1 Å². The molecule has 0 unspecified atom stereocenters. The molecule has 6 rings (SSSR count). The van der Waals surface area contributed by atoms with E-state index in [4.69, 9.17) is 9.52 Å². The molecule has 1 saturated heterocycles. The zero-order valence-corrected chi connectivity index (χ0v) is 17.3. The number of carboxylic acid groups (broad SMARTS) is 1. The molecular formula is C20H18N2O6S2.